The number of furan rings is 1. The van der Waals surface area contributed by atoms with E-state index < -0.39 is 27.7 Å². The third-order valence-electron chi connectivity index (χ3n) is 5.46. The van der Waals surface area contributed by atoms with E-state index in [4.69, 9.17) is 27.6 Å². The van der Waals surface area contributed by atoms with Gasteiger partial charge in [-0.25, -0.2) is 8.42 Å². The van der Waals surface area contributed by atoms with Crippen LogP contribution in [0.1, 0.15) is 19.1 Å². The average molecular weight is 491 g/mol. The van der Waals surface area contributed by atoms with Crippen molar-refractivity contribution in [1.82, 2.24) is 4.90 Å². The predicted molar refractivity (Wildman–Crippen MR) is 119 cm³/mol. The van der Waals surface area contributed by atoms with Gasteiger partial charge in [0.2, 0.25) is 0 Å². The smallest absolute Gasteiger partial charge is 0.271 e. The van der Waals surface area contributed by atoms with Gasteiger partial charge in [-0.1, -0.05) is 23.2 Å². The van der Waals surface area contributed by atoms with Gasteiger partial charge >= 0.3 is 0 Å². The van der Waals surface area contributed by atoms with Gasteiger partial charge in [0.25, 0.3) is 11.8 Å². The van der Waals surface area contributed by atoms with Crippen molar-refractivity contribution in [3.63, 3.8) is 0 Å². The number of carbonyl (C=O) groups excluding carboxylic acids is 2. The normalized spacial score (nSPS) is 22.0. The van der Waals surface area contributed by atoms with Gasteiger partial charge in [-0.2, -0.15) is 5.26 Å². The van der Waals surface area contributed by atoms with Gasteiger partial charge in [-0.15, -0.1) is 0 Å². The molecule has 2 aliphatic heterocycles. The highest BCUT2D eigenvalue weighted by molar-refractivity contribution is 7.91. The third kappa shape index (κ3) is 3.99. The summed E-state index contributed by atoms with van der Waals surface area (Å²) >= 11 is 12.0. The minimum atomic E-state index is -3.34. The summed E-state index contributed by atoms with van der Waals surface area (Å²) in [5.41, 5.74) is 0.793. The van der Waals surface area contributed by atoms with E-state index in [-0.39, 0.29) is 34.6 Å². The highest BCUT2D eigenvalue weighted by atomic mass is 35.5. The van der Waals surface area contributed by atoms with Crippen LogP contribution in [0, 0.1) is 11.3 Å². The molecule has 1 aromatic carbocycles. The van der Waals surface area contributed by atoms with E-state index in [2.05, 4.69) is 0 Å². The molecule has 1 fully saturated rings. The van der Waals surface area contributed by atoms with E-state index in [1.165, 1.54) is 13.0 Å². The first-order valence-electron chi connectivity index (χ1n) is 9.58. The number of halogens is 2. The minimum Gasteiger partial charge on any atom is -0.457 e. The summed E-state index contributed by atoms with van der Waals surface area (Å²) in [7, 11) is -3.34. The maximum Gasteiger partial charge on any atom is 0.271 e. The average Bonchev–Trinajstić information content (AvgIpc) is 3.34. The molecule has 2 aliphatic rings. The van der Waals surface area contributed by atoms with Crippen molar-refractivity contribution in [2.75, 3.05) is 11.5 Å². The Morgan fingerprint density at radius 2 is 1.91 bits per heavy atom. The Balaban J connectivity index is 1.73. The number of hydrogen-bond acceptors (Lipinski definition) is 6. The molecule has 0 bridgehead atoms. The van der Waals surface area contributed by atoms with Crippen molar-refractivity contribution in [2.24, 2.45) is 0 Å². The third-order valence-corrected chi connectivity index (χ3v) is 7.95. The van der Waals surface area contributed by atoms with Gasteiger partial charge in [-0.05, 0) is 55.3 Å². The Labute approximate surface area is 194 Å². The Morgan fingerprint density at radius 3 is 2.53 bits per heavy atom. The number of nitrogens with zero attached hydrogens (tertiary/aromatic N) is 2. The zero-order chi connectivity index (χ0) is 23.2. The fourth-order valence-electron chi connectivity index (χ4n) is 3.79. The first-order chi connectivity index (χ1) is 15.1. The lowest BCUT2D eigenvalue weighted by Gasteiger charge is -2.31. The Kier molecular flexibility index (Phi) is 5.76. The van der Waals surface area contributed by atoms with Gasteiger partial charge in [0, 0.05) is 11.1 Å². The molecular weight excluding hydrogens is 475 g/mol. The van der Waals surface area contributed by atoms with Crippen molar-refractivity contribution >= 4 is 50.9 Å². The molecule has 1 atom stereocenters. The number of imide groups is 1. The van der Waals surface area contributed by atoms with Crippen LogP contribution in [-0.2, 0) is 19.4 Å². The van der Waals surface area contributed by atoms with Crippen molar-refractivity contribution in [2.45, 2.75) is 19.4 Å². The molecule has 0 radical (unpaired) electrons. The number of nitriles is 1. The number of hydrogen-bond donors (Lipinski definition) is 0. The first-order valence-corrected chi connectivity index (χ1v) is 12.2. The summed E-state index contributed by atoms with van der Waals surface area (Å²) in [6.45, 7) is 1.51. The fourth-order valence-corrected chi connectivity index (χ4v) is 5.79. The molecule has 32 heavy (non-hydrogen) atoms. The maximum atomic E-state index is 13.2. The lowest BCUT2D eigenvalue weighted by atomic mass is 9.93. The first kappa shape index (κ1) is 22.3. The van der Waals surface area contributed by atoms with Crippen LogP contribution >= 0.6 is 23.2 Å². The molecule has 0 aliphatic carbocycles. The van der Waals surface area contributed by atoms with Crippen LogP contribution < -0.4 is 0 Å². The Hall–Kier alpha value is -2.86. The topological polar surface area (TPSA) is 108 Å². The quantitative estimate of drug-likeness (QED) is 0.474. The second-order valence-corrected chi connectivity index (χ2v) is 10.6. The highest BCUT2D eigenvalue weighted by Gasteiger charge is 2.43. The molecule has 4 rings (SSSR count). The molecule has 2 aromatic rings. The molecule has 1 aromatic heterocycles. The fraction of sp³-hybridized carbons (Fsp3) is 0.227. The van der Waals surface area contributed by atoms with E-state index >= 15 is 0 Å². The standard InChI is InChI=1S/C22H16Cl2N2O5S/c1-12-16(9-15-3-5-20(31-15)13-2-4-18(23)19(24)8-13)21(27)26(22(28)17(12)10-25)14-6-7-32(29,30)11-14/h2-5,8-9,14H,6-7,11H2,1H3/b16-9+/t14-/m1/s1. The molecular formula is C22H16Cl2N2O5S. The van der Waals surface area contributed by atoms with Crippen molar-refractivity contribution in [1.29, 1.82) is 5.26 Å². The SMILES string of the molecule is CC1=C(C#N)C(=O)N([C@@H]2CCS(=O)(=O)C2)C(=O)/C1=C/c1ccc(-c2ccc(Cl)c(Cl)c2)o1. The predicted octanol–water partition coefficient (Wildman–Crippen LogP) is 4.03. The van der Waals surface area contributed by atoms with E-state index in [1.54, 1.807) is 30.3 Å². The van der Waals surface area contributed by atoms with Crippen LogP contribution in [0.2, 0.25) is 10.0 Å². The summed E-state index contributed by atoms with van der Waals surface area (Å²) in [5.74, 6) is -1.04. The zero-order valence-corrected chi connectivity index (χ0v) is 19.1. The van der Waals surface area contributed by atoms with E-state index in [1.807, 2.05) is 6.07 Å². The van der Waals surface area contributed by atoms with Crippen LogP contribution in [0.4, 0.5) is 0 Å². The van der Waals surface area contributed by atoms with E-state index in [9.17, 15) is 23.3 Å². The zero-order valence-electron chi connectivity index (χ0n) is 16.8. The molecule has 2 amide bonds. The van der Waals surface area contributed by atoms with Crippen LogP contribution in [0.25, 0.3) is 17.4 Å². The molecule has 0 spiro atoms. The summed E-state index contributed by atoms with van der Waals surface area (Å²) in [5, 5.41) is 10.3. The second-order valence-electron chi connectivity index (χ2n) is 7.54. The number of benzene rings is 1. The van der Waals surface area contributed by atoms with Gasteiger partial charge in [-0.3, -0.25) is 14.5 Å². The molecule has 0 saturated carbocycles. The Bertz CT molecular complexity index is 1360. The van der Waals surface area contributed by atoms with E-state index in [0.29, 0.717) is 27.1 Å². The summed E-state index contributed by atoms with van der Waals surface area (Å²) < 4.78 is 29.6. The van der Waals surface area contributed by atoms with Crippen LogP contribution in [0.5, 0.6) is 0 Å². The van der Waals surface area contributed by atoms with E-state index in [0.717, 1.165) is 4.90 Å². The molecule has 7 nitrogen and oxygen atoms in total. The van der Waals surface area contributed by atoms with Crippen LogP contribution in [0.3, 0.4) is 0 Å². The van der Waals surface area contributed by atoms with Crippen molar-refractivity contribution < 1.29 is 22.4 Å². The number of amides is 2. The largest absolute Gasteiger partial charge is 0.457 e. The monoisotopic (exact) mass is 490 g/mol. The number of sulfone groups is 1. The molecule has 164 valence electrons. The lowest BCUT2D eigenvalue weighted by Crippen LogP contribution is -2.49. The molecule has 1 saturated heterocycles. The molecule has 3 heterocycles. The second kappa shape index (κ2) is 8.24. The lowest BCUT2D eigenvalue weighted by molar-refractivity contribution is -0.142. The van der Waals surface area contributed by atoms with Gasteiger partial charge in [0.15, 0.2) is 9.84 Å². The van der Waals surface area contributed by atoms with Crippen molar-refractivity contribution in [3.05, 3.63) is 62.9 Å². The van der Waals surface area contributed by atoms with Gasteiger partial charge < -0.3 is 4.42 Å². The molecule has 0 unspecified atom stereocenters. The highest BCUT2D eigenvalue weighted by Crippen LogP contribution is 2.33. The Morgan fingerprint density at radius 1 is 1.16 bits per heavy atom. The molecule has 10 heteroatoms. The van der Waals surface area contributed by atoms with Crippen LogP contribution in [-0.4, -0.2) is 42.7 Å². The number of rotatable bonds is 3. The summed E-state index contributed by atoms with van der Waals surface area (Å²) in [4.78, 5) is 26.9. The van der Waals surface area contributed by atoms with Gasteiger partial charge in [0.1, 0.15) is 23.2 Å². The number of carbonyl (C=O) groups is 2. The van der Waals surface area contributed by atoms with Crippen molar-refractivity contribution in [3.8, 4) is 17.4 Å². The van der Waals surface area contributed by atoms with Gasteiger partial charge in [0.05, 0.1) is 27.6 Å². The minimum absolute atomic E-state index is 0.0977. The summed E-state index contributed by atoms with van der Waals surface area (Å²) in [6.07, 6.45) is 1.59. The van der Waals surface area contributed by atoms with Crippen LogP contribution in [0.15, 0.2) is 51.5 Å². The summed E-state index contributed by atoms with van der Waals surface area (Å²) in [6, 6.07) is 9.38. The molecule has 0 N–H and O–H groups in total. The maximum absolute atomic E-state index is 13.2.